The van der Waals surface area contributed by atoms with Gasteiger partial charge in [0.2, 0.25) is 0 Å². The van der Waals surface area contributed by atoms with Crippen molar-refractivity contribution in [2.75, 3.05) is 19.3 Å². The molecule has 0 aromatic carbocycles. The van der Waals surface area contributed by atoms with Gasteiger partial charge in [-0.1, -0.05) is 11.6 Å². The van der Waals surface area contributed by atoms with Crippen LogP contribution in [-0.2, 0) is 9.84 Å². The summed E-state index contributed by atoms with van der Waals surface area (Å²) in [6.07, 6.45) is 1.25. The molecule has 0 aliphatic carbocycles. The minimum atomic E-state index is -3.02. The Kier molecular flexibility index (Phi) is 5.12. The van der Waals surface area contributed by atoms with E-state index in [4.69, 9.17) is 11.6 Å². The van der Waals surface area contributed by atoms with Gasteiger partial charge in [-0.3, -0.25) is 0 Å². The van der Waals surface area contributed by atoms with Crippen molar-refractivity contribution >= 4 is 21.4 Å². The molecule has 1 N–H and O–H groups in total. The minimum absolute atomic E-state index is 0.425. The molecule has 0 fully saturated rings. The molecule has 0 spiro atoms. The molecule has 84 valence electrons. The SMILES string of the molecule is CC(=CCl)CNCC(C)(C)S(C)(=O)=O. The summed E-state index contributed by atoms with van der Waals surface area (Å²) in [6.45, 7) is 6.33. The fraction of sp³-hybridized carbons (Fsp3) is 0.778. The number of halogens is 1. The van der Waals surface area contributed by atoms with Crippen LogP contribution >= 0.6 is 11.6 Å². The molecule has 0 saturated carbocycles. The quantitative estimate of drug-likeness (QED) is 0.792. The van der Waals surface area contributed by atoms with E-state index < -0.39 is 14.6 Å². The molecule has 0 aliphatic rings. The van der Waals surface area contributed by atoms with E-state index in [1.54, 1.807) is 13.8 Å². The van der Waals surface area contributed by atoms with Crippen LogP contribution in [0.2, 0.25) is 0 Å². The van der Waals surface area contributed by atoms with E-state index in [2.05, 4.69) is 5.32 Å². The normalized spacial score (nSPS) is 14.5. The average Bonchev–Trinajstić information content (AvgIpc) is 2.01. The molecule has 0 unspecified atom stereocenters. The van der Waals surface area contributed by atoms with Crippen LogP contribution in [0.25, 0.3) is 0 Å². The monoisotopic (exact) mass is 239 g/mol. The zero-order chi connectivity index (χ0) is 11.4. The van der Waals surface area contributed by atoms with E-state index in [0.29, 0.717) is 13.1 Å². The predicted molar refractivity (Wildman–Crippen MR) is 61.4 cm³/mol. The second-order valence-corrected chi connectivity index (χ2v) is 6.96. The van der Waals surface area contributed by atoms with E-state index in [9.17, 15) is 8.42 Å². The van der Waals surface area contributed by atoms with E-state index >= 15 is 0 Å². The maximum absolute atomic E-state index is 11.3. The highest BCUT2D eigenvalue weighted by Crippen LogP contribution is 2.13. The molecule has 0 bridgehead atoms. The minimum Gasteiger partial charge on any atom is -0.311 e. The Morgan fingerprint density at radius 2 is 2.00 bits per heavy atom. The van der Waals surface area contributed by atoms with Gasteiger partial charge < -0.3 is 5.32 Å². The van der Waals surface area contributed by atoms with Crippen molar-refractivity contribution < 1.29 is 8.42 Å². The van der Waals surface area contributed by atoms with Crippen molar-refractivity contribution in [3.8, 4) is 0 Å². The molecule has 0 rings (SSSR count). The highest BCUT2D eigenvalue weighted by molar-refractivity contribution is 7.92. The Balaban J connectivity index is 4.15. The lowest BCUT2D eigenvalue weighted by molar-refractivity contribution is 0.530. The number of hydrogen-bond acceptors (Lipinski definition) is 3. The molecule has 0 saturated heterocycles. The van der Waals surface area contributed by atoms with Crippen molar-refractivity contribution in [1.82, 2.24) is 5.32 Å². The maximum atomic E-state index is 11.3. The van der Waals surface area contributed by atoms with Crippen molar-refractivity contribution in [2.45, 2.75) is 25.5 Å². The zero-order valence-corrected chi connectivity index (χ0v) is 10.7. The lowest BCUT2D eigenvalue weighted by atomic mass is 10.2. The van der Waals surface area contributed by atoms with Crippen molar-refractivity contribution in [3.63, 3.8) is 0 Å². The summed E-state index contributed by atoms with van der Waals surface area (Å²) in [5.41, 5.74) is 2.47. The summed E-state index contributed by atoms with van der Waals surface area (Å²) in [7, 11) is -3.02. The molecular formula is C9H18ClNO2S. The van der Waals surface area contributed by atoms with Gasteiger partial charge in [0.25, 0.3) is 0 Å². The summed E-state index contributed by atoms with van der Waals surface area (Å²) in [4.78, 5) is 0. The molecule has 5 heteroatoms. The lowest BCUT2D eigenvalue weighted by Crippen LogP contribution is -2.42. The van der Waals surface area contributed by atoms with Crippen LogP contribution in [0, 0.1) is 0 Å². The Bertz CT molecular complexity index is 307. The van der Waals surface area contributed by atoms with Crippen LogP contribution in [0.3, 0.4) is 0 Å². The molecule has 3 nitrogen and oxygen atoms in total. The second kappa shape index (κ2) is 5.14. The van der Waals surface area contributed by atoms with E-state index in [1.165, 1.54) is 11.8 Å². The lowest BCUT2D eigenvalue weighted by Gasteiger charge is -2.22. The van der Waals surface area contributed by atoms with Crippen LogP contribution in [-0.4, -0.2) is 32.5 Å². The summed E-state index contributed by atoms with van der Waals surface area (Å²) in [5.74, 6) is 0. The number of hydrogen-bond donors (Lipinski definition) is 1. The van der Waals surface area contributed by atoms with Gasteiger partial charge >= 0.3 is 0 Å². The molecular weight excluding hydrogens is 222 g/mol. The van der Waals surface area contributed by atoms with Gasteiger partial charge in [-0.05, 0) is 26.3 Å². The smallest absolute Gasteiger partial charge is 0.153 e. The third-order valence-electron chi connectivity index (χ3n) is 2.14. The summed E-state index contributed by atoms with van der Waals surface area (Å²) >= 11 is 5.47. The molecule has 0 aromatic rings. The van der Waals surface area contributed by atoms with Gasteiger partial charge in [0.1, 0.15) is 0 Å². The molecule has 0 heterocycles. The number of nitrogens with one attached hydrogen (secondary N) is 1. The molecule has 0 amide bonds. The summed E-state index contributed by atoms with van der Waals surface area (Å²) in [5, 5.41) is 3.05. The van der Waals surface area contributed by atoms with Gasteiger partial charge in [-0.2, -0.15) is 0 Å². The highest BCUT2D eigenvalue weighted by Gasteiger charge is 2.29. The largest absolute Gasteiger partial charge is 0.311 e. The summed E-state index contributed by atoms with van der Waals surface area (Å²) < 4.78 is 21.9. The van der Waals surface area contributed by atoms with E-state index in [1.807, 2.05) is 6.92 Å². The molecule has 14 heavy (non-hydrogen) atoms. The summed E-state index contributed by atoms with van der Waals surface area (Å²) in [6, 6.07) is 0. The standard InChI is InChI=1S/C9H18ClNO2S/c1-8(5-10)6-11-7-9(2,3)14(4,12)13/h5,11H,6-7H2,1-4H3. The Labute approximate surface area is 91.4 Å². The number of sulfone groups is 1. The fourth-order valence-corrected chi connectivity index (χ4v) is 1.17. The Morgan fingerprint density at radius 1 is 1.50 bits per heavy atom. The van der Waals surface area contributed by atoms with Crippen molar-refractivity contribution in [3.05, 3.63) is 11.1 Å². The Morgan fingerprint density at radius 3 is 2.36 bits per heavy atom. The highest BCUT2D eigenvalue weighted by atomic mass is 35.5. The van der Waals surface area contributed by atoms with Gasteiger partial charge in [-0.15, -0.1) is 0 Å². The van der Waals surface area contributed by atoms with Crippen LogP contribution in [0.1, 0.15) is 20.8 Å². The first-order valence-electron chi connectivity index (χ1n) is 4.37. The molecule has 0 aliphatic heterocycles. The van der Waals surface area contributed by atoms with Crippen LogP contribution in [0.4, 0.5) is 0 Å². The first kappa shape index (κ1) is 13.9. The molecule has 0 aromatic heterocycles. The molecule has 0 atom stereocenters. The average molecular weight is 240 g/mol. The van der Waals surface area contributed by atoms with Gasteiger partial charge in [0, 0.05) is 24.9 Å². The van der Waals surface area contributed by atoms with Crippen LogP contribution < -0.4 is 5.32 Å². The maximum Gasteiger partial charge on any atom is 0.153 e. The van der Waals surface area contributed by atoms with Gasteiger partial charge in [0.15, 0.2) is 9.84 Å². The zero-order valence-electron chi connectivity index (χ0n) is 9.09. The predicted octanol–water partition coefficient (Wildman–Crippen LogP) is 1.54. The van der Waals surface area contributed by atoms with Crippen LogP contribution in [0.15, 0.2) is 11.1 Å². The van der Waals surface area contributed by atoms with Gasteiger partial charge in [-0.25, -0.2) is 8.42 Å². The van der Waals surface area contributed by atoms with E-state index in [-0.39, 0.29) is 0 Å². The number of rotatable bonds is 5. The van der Waals surface area contributed by atoms with Crippen molar-refractivity contribution in [2.24, 2.45) is 0 Å². The third kappa shape index (κ3) is 4.44. The topological polar surface area (TPSA) is 46.2 Å². The van der Waals surface area contributed by atoms with Gasteiger partial charge in [0.05, 0.1) is 4.75 Å². The Hall–Kier alpha value is -0.0600. The van der Waals surface area contributed by atoms with Crippen molar-refractivity contribution in [1.29, 1.82) is 0 Å². The fourth-order valence-electron chi connectivity index (χ4n) is 0.730. The van der Waals surface area contributed by atoms with E-state index in [0.717, 1.165) is 5.57 Å². The third-order valence-corrected chi connectivity index (χ3v) is 4.67. The second-order valence-electron chi connectivity index (χ2n) is 4.09. The van der Waals surface area contributed by atoms with Crippen LogP contribution in [0.5, 0.6) is 0 Å². The first-order valence-corrected chi connectivity index (χ1v) is 6.69. The first-order chi connectivity index (χ1) is 6.20. The molecule has 0 radical (unpaired) electrons.